The summed E-state index contributed by atoms with van der Waals surface area (Å²) in [6.07, 6.45) is 18.3. The molecule has 3 N–H and O–H groups in total. The molecule has 1 amide bonds. The van der Waals surface area contributed by atoms with Crippen molar-refractivity contribution in [2.75, 3.05) is 11.9 Å². The van der Waals surface area contributed by atoms with Crippen LogP contribution in [0.25, 0.3) is 0 Å². The van der Waals surface area contributed by atoms with Crippen LogP contribution in [0.4, 0.5) is 5.82 Å². The Hall–Kier alpha value is -4.57. The average molecular weight is 616 g/mol. The lowest BCUT2D eigenvalue weighted by atomic mass is 9.78. The number of carbonyl (C=O) groups is 2. The molecule has 2 aromatic carbocycles. The fourth-order valence-corrected chi connectivity index (χ4v) is 4.26. The molecule has 0 spiro atoms. The predicted molar refractivity (Wildman–Crippen MR) is 188 cm³/mol. The molecule has 1 aliphatic rings. The molecule has 1 heterocycles. The van der Waals surface area contributed by atoms with Crippen molar-refractivity contribution in [3.63, 3.8) is 0 Å². The molecular weight excluding hydrogens is 562 g/mol. The van der Waals surface area contributed by atoms with E-state index in [4.69, 9.17) is 0 Å². The number of ketones is 1. The number of rotatable bonds is 10. The molecule has 4 rings (SSSR count). The largest absolute Gasteiger partial charge is 0.508 e. The second-order valence-corrected chi connectivity index (χ2v) is 9.88. The monoisotopic (exact) mass is 615 g/mol. The highest BCUT2D eigenvalue weighted by molar-refractivity contribution is 6.02. The van der Waals surface area contributed by atoms with Crippen molar-refractivity contribution in [3.05, 3.63) is 95.8 Å². The van der Waals surface area contributed by atoms with E-state index in [2.05, 4.69) is 37.0 Å². The molecule has 1 saturated carbocycles. The van der Waals surface area contributed by atoms with Gasteiger partial charge in [0.05, 0.1) is 11.6 Å². The van der Waals surface area contributed by atoms with E-state index in [9.17, 15) is 19.8 Å². The number of pyridine rings is 1. The lowest BCUT2D eigenvalue weighted by Gasteiger charge is -2.29. The Kier molecular flexibility index (Phi) is 21.4. The molecule has 3 aromatic rings. The van der Waals surface area contributed by atoms with Crippen molar-refractivity contribution < 1.29 is 19.8 Å². The smallest absolute Gasteiger partial charge is 0.255 e. The summed E-state index contributed by atoms with van der Waals surface area (Å²) < 4.78 is 0. The molecule has 0 bridgehead atoms. The van der Waals surface area contributed by atoms with Crippen LogP contribution in [-0.2, 0) is 17.6 Å². The number of terminal acetylenes is 1. The van der Waals surface area contributed by atoms with Gasteiger partial charge in [0.25, 0.3) is 5.91 Å². The second kappa shape index (κ2) is 23.8. The highest BCUT2D eigenvalue weighted by Crippen LogP contribution is 2.29. The number of phenolic OH excluding ortho intramolecular Hbond substituents is 2. The summed E-state index contributed by atoms with van der Waals surface area (Å²) in [5.74, 6) is 0.516. The second-order valence-electron chi connectivity index (χ2n) is 9.88. The SMILES string of the molecule is C#C.CC.CC.CCC.CN(/C=C\Cc1cccc(O)c1)c1ncccc1C(=O)NC(Cc1ccc(O)cc1)C(=O)C1CCC1. The number of aromatic hydroxyl groups is 2. The summed E-state index contributed by atoms with van der Waals surface area (Å²) in [6, 6.07) is 16.5. The number of nitrogens with one attached hydrogen (secondary N) is 1. The predicted octanol–water partition coefficient (Wildman–Crippen LogP) is 8.11. The van der Waals surface area contributed by atoms with E-state index in [1.807, 2.05) is 53.1 Å². The number of allylic oxidation sites excluding steroid dienone is 1. The third kappa shape index (κ3) is 14.2. The molecule has 1 atom stereocenters. The van der Waals surface area contributed by atoms with Crippen LogP contribution in [-0.4, -0.2) is 40.0 Å². The van der Waals surface area contributed by atoms with Crippen molar-refractivity contribution in [1.82, 2.24) is 10.3 Å². The fourth-order valence-electron chi connectivity index (χ4n) is 4.26. The van der Waals surface area contributed by atoms with Crippen LogP contribution < -0.4 is 10.2 Å². The van der Waals surface area contributed by atoms with E-state index >= 15 is 0 Å². The van der Waals surface area contributed by atoms with Gasteiger partial charge in [-0.3, -0.25) is 9.59 Å². The van der Waals surface area contributed by atoms with Gasteiger partial charge in [0.15, 0.2) is 5.78 Å². The number of amides is 1. The van der Waals surface area contributed by atoms with Crippen LogP contribution in [0, 0.1) is 18.8 Å². The van der Waals surface area contributed by atoms with Gasteiger partial charge in [-0.05, 0) is 73.2 Å². The zero-order valence-corrected chi connectivity index (χ0v) is 28.2. The molecule has 1 aliphatic carbocycles. The number of hydrogen-bond acceptors (Lipinski definition) is 6. The van der Waals surface area contributed by atoms with E-state index in [-0.39, 0.29) is 29.1 Å². The average Bonchev–Trinajstić information content (AvgIpc) is 3.04. The van der Waals surface area contributed by atoms with Gasteiger partial charge in [0.1, 0.15) is 17.3 Å². The Morgan fingerprint density at radius 1 is 0.956 bits per heavy atom. The topological polar surface area (TPSA) is 103 Å². The quantitative estimate of drug-likeness (QED) is 0.199. The number of anilines is 1. The summed E-state index contributed by atoms with van der Waals surface area (Å²) in [6.45, 7) is 12.2. The van der Waals surface area contributed by atoms with Crippen LogP contribution in [0.1, 0.15) is 88.7 Å². The lowest BCUT2D eigenvalue weighted by molar-refractivity contribution is -0.127. The van der Waals surface area contributed by atoms with Gasteiger partial charge in [-0.25, -0.2) is 4.98 Å². The Labute approximate surface area is 271 Å². The normalized spacial score (nSPS) is 12.1. The molecule has 0 saturated heterocycles. The third-order valence-electron chi connectivity index (χ3n) is 6.49. The first-order valence-corrected chi connectivity index (χ1v) is 15.9. The van der Waals surface area contributed by atoms with Gasteiger partial charge in [-0.15, -0.1) is 12.8 Å². The maximum atomic E-state index is 13.4. The highest BCUT2D eigenvalue weighted by atomic mass is 16.3. The van der Waals surface area contributed by atoms with Gasteiger partial charge in [-0.2, -0.15) is 0 Å². The maximum Gasteiger partial charge on any atom is 0.255 e. The van der Waals surface area contributed by atoms with Crippen molar-refractivity contribution in [1.29, 1.82) is 0 Å². The van der Waals surface area contributed by atoms with Crippen molar-refractivity contribution in [2.45, 2.75) is 86.1 Å². The Balaban J connectivity index is 0.00000196. The zero-order valence-electron chi connectivity index (χ0n) is 28.2. The van der Waals surface area contributed by atoms with Gasteiger partial charge >= 0.3 is 0 Å². The van der Waals surface area contributed by atoms with Gasteiger partial charge < -0.3 is 20.4 Å². The Bertz CT molecular complexity index is 1300. The number of Topliss-reactive ketones (excluding diaryl/α,β-unsaturated/α-hetero) is 1. The van der Waals surface area contributed by atoms with Crippen molar-refractivity contribution >= 4 is 17.5 Å². The molecule has 7 nitrogen and oxygen atoms in total. The molecule has 1 unspecified atom stereocenters. The summed E-state index contributed by atoms with van der Waals surface area (Å²) in [7, 11) is 1.81. The van der Waals surface area contributed by atoms with E-state index < -0.39 is 6.04 Å². The molecule has 0 aliphatic heterocycles. The summed E-state index contributed by atoms with van der Waals surface area (Å²) in [5, 5.41) is 22.2. The van der Waals surface area contributed by atoms with E-state index in [1.54, 1.807) is 65.7 Å². The van der Waals surface area contributed by atoms with Crippen molar-refractivity contribution in [2.24, 2.45) is 5.92 Å². The minimum Gasteiger partial charge on any atom is -0.508 e. The molecule has 45 heavy (non-hydrogen) atoms. The zero-order chi connectivity index (χ0) is 34.2. The summed E-state index contributed by atoms with van der Waals surface area (Å²) in [4.78, 5) is 32.7. The van der Waals surface area contributed by atoms with Crippen LogP contribution in [0.5, 0.6) is 11.5 Å². The van der Waals surface area contributed by atoms with E-state index in [1.165, 1.54) is 6.42 Å². The fraction of sp³-hybridized carbons (Fsp3) is 0.395. The van der Waals surface area contributed by atoms with Gasteiger partial charge in [0.2, 0.25) is 0 Å². The van der Waals surface area contributed by atoms with Crippen LogP contribution >= 0.6 is 0 Å². The summed E-state index contributed by atoms with van der Waals surface area (Å²) >= 11 is 0. The lowest BCUT2D eigenvalue weighted by Crippen LogP contribution is -2.46. The minimum atomic E-state index is -0.660. The number of benzene rings is 2. The standard InChI is InChI=1S/C29H31N3O4.C3H8.2C2H6.C2H2/c1-32(17-5-7-20-6-2-10-24(34)18-20)28-25(11-4-16-30-28)29(36)31-26(27(35)22-8-3-9-22)19-21-12-14-23(33)15-13-21;1-3-2;3*1-2/h2,4-6,10-18,22,26,33-34H,3,7-9,19H2,1H3,(H,31,36);3H2,1-2H3;2*1-2H3;1-2H/b17-5-;;;;. The molecule has 0 radical (unpaired) electrons. The van der Waals surface area contributed by atoms with Crippen LogP contribution in [0.15, 0.2) is 79.1 Å². The van der Waals surface area contributed by atoms with Crippen LogP contribution in [0.2, 0.25) is 0 Å². The van der Waals surface area contributed by atoms with Gasteiger partial charge in [0, 0.05) is 25.4 Å². The Morgan fingerprint density at radius 3 is 2.13 bits per heavy atom. The maximum absolute atomic E-state index is 13.4. The first kappa shape index (κ1) is 40.4. The third-order valence-corrected chi connectivity index (χ3v) is 6.49. The number of nitrogens with zero attached hydrogens (tertiary/aromatic N) is 2. The van der Waals surface area contributed by atoms with Gasteiger partial charge in [-0.1, -0.05) is 84.7 Å². The number of hydrogen-bond donors (Lipinski definition) is 3. The van der Waals surface area contributed by atoms with Crippen molar-refractivity contribution in [3.8, 4) is 24.3 Å². The van der Waals surface area contributed by atoms with Crippen LogP contribution in [0.3, 0.4) is 0 Å². The number of phenols is 2. The summed E-state index contributed by atoms with van der Waals surface area (Å²) in [5.41, 5.74) is 2.20. The number of carbonyl (C=O) groups excluding carboxylic acids is 2. The van der Waals surface area contributed by atoms with E-state index in [0.717, 1.165) is 30.4 Å². The molecule has 1 fully saturated rings. The molecular formula is C38H53N3O4. The molecule has 1 aromatic heterocycles. The first-order valence-electron chi connectivity index (χ1n) is 15.9. The number of aromatic nitrogens is 1. The molecule has 244 valence electrons. The highest BCUT2D eigenvalue weighted by Gasteiger charge is 2.33. The van der Waals surface area contributed by atoms with E-state index in [0.29, 0.717) is 24.2 Å². The molecule has 7 heteroatoms. The minimum absolute atomic E-state index is 0.0242. The first-order chi connectivity index (χ1) is 21.8. The Morgan fingerprint density at radius 2 is 1.58 bits per heavy atom.